The van der Waals surface area contributed by atoms with Crippen LogP contribution in [0.4, 0.5) is 0 Å². The van der Waals surface area contributed by atoms with E-state index in [4.69, 9.17) is 9.47 Å². The molecule has 0 saturated carbocycles. The smallest absolute Gasteiger partial charge is 0.0883 e. The summed E-state index contributed by atoms with van der Waals surface area (Å²) in [6.07, 6.45) is 5.31. The Hall–Kier alpha value is -0.160. The maximum Gasteiger partial charge on any atom is 0.0883 e. The molecule has 0 radical (unpaired) electrons. The van der Waals surface area contributed by atoms with E-state index in [-0.39, 0.29) is 0 Å². The highest BCUT2D eigenvalue weighted by Gasteiger charge is 2.56. The van der Waals surface area contributed by atoms with Crippen molar-refractivity contribution < 1.29 is 9.47 Å². The second-order valence-corrected chi connectivity index (χ2v) is 5.57. The van der Waals surface area contributed by atoms with Gasteiger partial charge in [0.05, 0.1) is 11.6 Å². The Morgan fingerprint density at radius 1 is 1.24 bits per heavy atom. The van der Waals surface area contributed by atoms with Gasteiger partial charge in [-0.05, 0) is 38.8 Å². The lowest BCUT2D eigenvalue weighted by molar-refractivity contribution is -0.206. The molecule has 1 N–H and O–H groups in total. The van der Waals surface area contributed by atoms with E-state index in [1.54, 1.807) is 0 Å². The number of ether oxygens (including phenoxy) is 2. The first kappa shape index (κ1) is 11.9. The molecule has 3 rings (SSSR count). The molecule has 1 unspecified atom stereocenters. The van der Waals surface area contributed by atoms with Gasteiger partial charge in [-0.2, -0.15) is 0 Å². The quantitative estimate of drug-likeness (QED) is 0.767. The molecular formula is C13H24N2O2. The minimum absolute atomic E-state index is 0.301. The standard InChI is InChI=1S/C13H24N2O2/c1-16-12-10-15(11-2-6-14-7-3-11)13(12)4-8-17-9-5-13/h11-12,14H,2-10H2,1H3. The van der Waals surface area contributed by atoms with Crippen LogP contribution >= 0.6 is 0 Å². The Bertz CT molecular complexity index is 260. The van der Waals surface area contributed by atoms with Crippen molar-refractivity contribution in [2.45, 2.75) is 43.4 Å². The molecule has 4 heteroatoms. The van der Waals surface area contributed by atoms with Crippen LogP contribution in [0.15, 0.2) is 0 Å². The molecule has 1 atom stereocenters. The van der Waals surface area contributed by atoms with Gasteiger partial charge in [-0.25, -0.2) is 0 Å². The lowest BCUT2D eigenvalue weighted by Gasteiger charge is -2.62. The third kappa shape index (κ3) is 1.91. The van der Waals surface area contributed by atoms with E-state index in [0.717, 1.165) is 38.6 Å². The highest BCUT2D eigenvalue weighted by molar-refractivity contribution is 5.11. The van der Waals surface area contributed by atoms with E-state index < -0.39 is 0 Å². The summed E-state index contributed by atoms with van der Waals surface area (Å²) < 4.78 is 11.2. The van der Waals surface area contributed by atoms with Gasteiger partial charge in [-0.1, -0.05) is 0 Å². The van der Waals surface area contributed by atoms with Crippen LogP contribution in [-0.2, 0) is 9.47 Å². The average Bonchev–Trinajstić information content (AvgIpc) is 2.40. The zero-order chi connectivity index (χ0) is 11.7. The van der Waals surface area contributed by atoms with Crippen LogP contribution in [0.2, 0.25) is 0 Å². The Labute approximate surface area is 104 Å². The van der Waals surface area contributed by atoms with E-state index in [1.807, 2.05) is 7.11 Å². The molecule has 17 heavy (non-hydrogen) atoms. The number of nitrogens with zero attached hydrogens (tertiary/aromatic N) is 1. The first-order valence-corrected chi connectivity index (χ1v) is 6.95. The Morgan fingerprint density at radius 3 is 2.59 bits per heavy atom. The highest BCUT2D eigenvalue weighted by atomic mass is 16.5. The Kier molecular flexibility index (Phi) is 3.39. The molecule has 0 aromatic carbocycles. The van der Waals surface area contributed by atoms with Crippen molar-refractivity contribution in [2.75, 3.05) is 40.0 Å². The maximum atomic E-state index is 5.69. The second-order valence-electron chi connectivity index (χ2n) is 5.57. The van der Waals surface area contributed by atoms with Crippen LogP contribution in [0.1, 0.15) is 25.7 Å². The molecule has 0 amide bonds. The van der Waals surface area contributed by atoms with E-state index in [2.05, 4.69) is 10.2 Å². The molecule has 3 fully saturated rings. The molecule has 4 nitrogen and oxygen atoms in total. The molecule has 0 aromatic rings. The number of hydrogen-bond acceptors (Lipinski definition) is 4. The van der Waals surface area contributed by atoms with Crippen molar-refractivity contribution in [1.82, 2.24) is 10.2 Å². The van der Waals surface area contributed by atoms with Crippen molar-refractivity contribution in [3.63, 3.8) is 0 Å². The van der Waals surface area contributed by atoms with Crippen LogP contribution in [-0.4, -0.2) is 62.5 Å². The van der Waals surface area contributed by atoms with Crippen LogP contribution in [0.25, 0.3) is 0 Å². The maximum absolute atomic E-state index is 5.69. The summed E-state index contributed by atoms with van der Waals surface area (Å²) in [5.74, 6) is 0. The largest absolute Gasteiger partial charge is 0.381 e. The topological polar surface area (TPSA) is 33.7 Å². The van der Waals surface area contributed by atoms with Crippen molar-refractivity contribution in [3.05, 3.63) is 0 Å². The first-order valence-electron chi connectivity index (χ1n) is 6.95. The number of likely N-dealkylation sites (tertiary alicyclic amines) is 1. The summed E-state index contributed by atoms with van der Waals surface area (Å²) in [6, 6.07) is 0.765. The van der Waals surface area contributed by atoms with Gasteiger partial charge in [-0.3, -0.25) is 4.90 Å². The van der Waals surface area contributed by atoms with Gasteiger partial charge in [0.1, 0.15) is 0 Å². The van der Waals surface area contributed by atoms with Gasteiger partial charge >= 0.3 is 0 Å². The summed E-state index contributed by atoms with van der Waals surface area (Å²) in [5, 5.41) is 3.45. The molecule has 3 saturated heterocycles. The zero-order valence-corrected chi connectivity index (χ0v) is 10.8. The molecular weight excluding hydrogens is 216 g/mol. The van der Waals surface area contributed by atoms with Crippen molar-refractivity contribution in [2.24, 2.45) is 0 Å². The van der Waals surface area contributed by atoms with Crippen molar-refractivity contribution >= 4 is 0 Å². The second kappa shape index (κ2) is 4.84. The third-order valence-electron chi connectivity index (χ3n) is 4.93. The lowest BCUT2D eigenvalue weighted by atomic mass is 9.73. The molecule has 3 aliphatic rings. The molecule has 0 bridgehead atoms. The number of piperidine rings is 1. The van der Waals surface area contributed by atoms with Gasteiger partial charge in [0.15, 0.2) is 0 Å². The fourth-order valence-corrected chi connectivity index (χ4v) is 3.86. The van der Waals surface area contributed by atoms with E-state index in [9.17, 15) is 0 Å². The van der Waals surface area contributed by atoms with Crippen molar-refractivity contribution in [1.29, 1.82) is 0 Å². The Morgan fingerprint density at radius 2 is 1.94 bits per heavy atom. The Balaban J connectivity index is 1.71. The normalized spacial score (nSPS) is 34.8. The predicted octanol–water partition coefficient (Wildman–Crippen LogP) is 0.618. The van der Waals surface area contributed by atoms with Crippen LogP contribution < -0.4 is 5.32 Å². The van der Waals surface area contributed by atoms with Gasteiger partial charge in [0.25, 0.3) is 0 Å². The summed E-state index contributed by atoms with van der Waals surface area (Å²) in [7, 11) is 1.86. The van der Waals surface area contributed by atoms with E-state index in [1.165, 1.54) is 25.9 Å². The predicted molar refractivity (Wildman–Crippen MR) is 66.2 cm³/mol. The van der Waals surface area contributed by atoms with E-state index in [0.29, 0.717) is 11.6 Å². The number of rotatable bonds is 2. The summed E-state index contributed by atoms with van der Waals surface area (Å²) in [6.45, 7) is 5.28. The monoisotopic (exact) mass is 240 g/mol. The highest BCUT2D eigenvalue weighted by Crippen LogP contribution is 2.43. The van der Waals surface area contributed by atoms with Gasteiger partial charge in [0, 0.05) is 32.9 Å². The van der Waals surface area contributed by atoms with Crippen LogP contribution in [0.5, 0.6) is 0 Å². The number of methoxy groups -OCH3 is 1. The van der Waals surface area contributed by atoms with Gasteiger partial charge in [-0.15, -0.1) is 0 Å². The van der Waals surface area contributed by atoms with Crippen molar-refractivity contribution in [3.8, 4) is 0 Å². The van der Waals surface area contributed by atoms with Gasteiger partial charge in [0.2, 0.25) is 0 Å². The minimum Gasteiger partial charge on any atom is -0.381 e. The molecule has 98 valence electrons. The average molecular weight is 240 g/mol. The summed E-state index contributed by atoms with van der Waals surface area (Å²) >= 11 is 0. The van der Waals surface area contributed by atoms with Gasteiger partial charge < -0.3 is 14.8 Å². The molecule has 0 aliphatic carbocycles. The number of nitrogens with one attached hydrogen (secondary N) is 1. The summed E-state index contributed by atoms with van der Waals surface area (Å²) in [5.41, 5.74) is 0.301. The lowest BCUT2D eigenvalue weighted by Crippen LogP contribution is -2.75. The molecule has 3 aliphatic heterocycles. The SMILES string of the molecule is COC1CN(C2CCNCC2)C12CCOCC2. The fraction of sp³-hybridized carbons (Fsp3) is 1.00. The van der Waals surface area contributed by atoms with E-state index >= 15 is 0 Å². The summed E-state index contributed by atoms with van der Waals surface area (Å²) in [4.78, 5) is 2.73. The number of hydrogen-bond donors (Lipinski definition) is 1. The molecule has 3 heterocycles. The molecule has 1 spiro atoms. The molecule has 0 aromatic heterocycles. The minimum atomic E-state index is 0.301. The first-order chi connectivity index (χ1) is 8.37. The van der Waals surface area contributed by atoms with Crippen LogP contribution in [0, 0.1) is 0 Å². The van der Waals surface area contributed by atoms with Crippen LogP contribution in [0.3, 0.4) is 0 Å². The fourth-order valence-electron chi connectivity index (χ4n) is 3.86. The zero-order valence-electron chi connectivity index (χ0n) is 10.8. The third-order valence-corrected chi connectivity index (χ3v) is 4.93.